The molecule has 2 aromatic heterocycles. The molecule has 1 unspecified atom stereocenters. The Balaban J connectivity index is 1.61. The van der Waals surface area contributed by atoms with Crippen LogP contribution in [0.5, 0.6) is 0 Å². The molecule has 0 spiro atoms. The van der Waals surface area contributed by atoms with Crippen LogP contribution in [0.3, 0.4) is 0 Å². The fraction of sp³-hybridized carbons (Fsp3) is 0.188. The summed E-state index contributed by atoms with van der Waals surface area (Å²) in [6, 6.07) is 11.1. The number of hydrogen-bond acceptors (Lipinski definition) is 3. The summed E-state index contributed by atoms with van der Waals surface area (Å²) in [7, 11) is 0. The van der Waals surface area contributed by atoms with E-state index in [1.807, 2.05) is 17.1 Å². The molecule has 0 fully saturated rings. The largest absolute Gasteiger partial charge is 0.306 e. The smallest absolute Gasteiger partial charge is 0.0991 e. The number of aromatic nitrogens is 2. The number of hydrogen-bond donors (Lipinski definition) is 1. The summed E-state index contributed by atoms with van der Waals surface area (Å²) < 4.78 is 2.01. The molecule has 1 N–H and O–H groups in total. The topological polar surface area (TPSA) is 29.9 Å². The first-order valence-electron chi connectivity index (χ1n) is 6.65. The number of thiophene rings is 1. The number of benzene rings is 1. The molecule has 0 bridgehead atoms. The second-order valence-corrected chi connectivity index (χ2v) is 5.58. The van der Waals surface area contributed by atoms with Crippen molar-refractivity contribution in [3.05, 3.63) is 70.9 Å². The van der Waals surface area contributed by atoms with Crippen LogP contribution in [-0.2, 0) is 6.54 Å². The second-order valence-electron chi connectivity index (χ2n) is 4.80. The third-order valence-electron chi connectivity index (χ3n) is 3.39. The number of nitrogens with one attached hydrogen (secondary N) is 1. The maximum Gasteiger partial charge on any atom is 0.0991 e. The second kappa shape index (κ2) is 6.03. The van der Waals surface area contributed by atoms with Crippen molar-refractivity contribution in [2.75, 3.05) is 0 Å². The Bertz CT molecular complexity index is 627. The van der Waals surface area contributed by atoms with E-state index in [4.69, 9.17) is 0 Å². The Labute approximate surface area is 122 Å². The van der Waals surface area contributed by atoms with Crippen molar-refractivity contribution in [2.24, 2.45) is 0 Å². The van der Waals surface area contributed by atoms with Gasteiger partial charge >= 0.3 is 0 Å². The van der Waals surface area contributed by atoms with Crippen LogP contribution in [0.25, 0.3) is 5.69 Å². The van der Waals surface area contributed by atoms with Crippen LogP contribution in [0.2, 0.25) is 0 Å². The summed E-state index contributed by atoms with van der Waals surface area (Å²) in [4.78, 5) is 4.06. The van der Waals surface area contributed by atoms with Crippen LogP contribution < -0.4 is 5.32 Å². The minimum Gasteiger partial charge on any atom is -0.306 e. The van der Waals surface area contributed by atoms with Gasteiger partial charge in [0.2, 0.25) is 0 Å². The quantitative estimate of drug-likeness (QED) is 0.772. The molecule has 3 rings (SSSR count). The van der Waals surface area contributed by atoms with Gasteiger partial charge in [-0.1, -0.05) is 12.1 Å². The van der Waals surface area contributed by atoms with Crippen LogP contribution in [0.15, 0.2) is 59.8 Å². The molecule has 0 saturated heterocycles. The zero-order valence-corrected chi connectivity index (χ0v) is 12.2. The van der Waals surface area contributed by atoms with Crippen LogP contribution >= 0.6 is 11.3 Å². The highest BCUT2D eigenvalue weighted by Gasteiger charge is 2.05. The van der Waals surface area contributed by atoms with Gasteiger partial charge in [0.15, 0.2) is 0 Å². The van der Waals surface area contributed by atoms with Crippen molar-refractivity contribution in [3.8, 4) is 5.69 Å². The third kappa shape index (κ3) is 2.98. The molecule has 1 aromatic carbocycles. The zero-order chi connectivity index (χ0) is 13.8. The van der Waals surface area contributed by atoms with E-state index in [-0.39, 0.29) is 0 Å². The number of nitrogens with zero attached hydrogens (tertiary/aromatic N) is 2. The van der Waals surface area contributed by atoms with Crippen molar-refractivity contribution in [3.63, 3.8) is 0 Å². The summed E-state index contributed by atoms with van der Waals surface area (Å²) in [5, 5.41) is 7.86. The van der Waals surface area contributed by atoms with Crippen molar-refractivity contribution < 1.29 is 0 Å². The van der Waals surface area contributed by atoms with E-state index < -0.39 is 0 Å². The van der Waals surface area contributed by atoms with Crippen molar-refractivity contribution in [1.29, 1.82) is 0 Å². The minimum absolute atomic E-state index is 0.384. The van der Waals surface area contributed by atoms with Gasteiger partial charge in [0.05, 0.1) is 6.33 Å². The third-order valence-corrected chi connectivity index (χ3v) is 4.10. The highest BCUT2D eigenvalue weighted by atomic mass is 32.1. The van der Waals surface area contributed by atoms with E-state index in [1.54, 1.807) is 17.5 Å². The van der Waals surface area contributed by atoms with Crippen molar-refractivity contribution in [2.45, 2.75) is 19.5 Å². The molecule has 3 nitrogen and oxygen atoms in total. The summed E-state index contributed by atoms with van der Waals surface area (Å²) >= 11 is 1.74. The van der Waals surface area contributed by atoms with E-state index in [9.17, 15) is 0 Å². The van der Waals surface area contributed by atoms with Crippen LogP contribution in [0, 0.1) is 0 Å². The molecule has 102 valence electrons. The first kappa shape index (κ1) is 13.1. The fourth-order valence-corrected chi connectivity index (χ4v) is 2.86. The van der Waals surface area contributed by atoms with E-state index in [0.29, 0.717) is 6.04 Å². The average molecular weight is 283 g/mol. The molecule has 0 aliphatic carbocycles. The molecule has 0 saturated carbocycles. The van der Waals surface area contributed by atoms with Crippen LogP contribution in [-0.4, -0.2) is 9.55 Å². The van der Waals surface area contributed by atoms with Crippen LogP contribution in [0.1, 0.15) is 24.1 Å². The molecule has 0 amide bonds. The highest BCUT2D eigenvalue weighted by molar-refractivity contribution is 7.07. The number of imidazole rings is 1. The lowest BCUT2D eigenvalue weighted by Crippen LogP contribution is -2.17. The molecular formula is C16H17N3S. The monoisotopic (exact) mass is 283 g/mol. The highest BCUT2D eigenvalue weighted by Crippen LogP contribution is 2.16. The minimum atomic E-state index is 0.384. The van der Waals surface area contributed by atoms with Gasteiger partial charge in [0.25, 0.3) is 0 Å². The molecule has 0 radical (unpaired) electrons. The van der Waals surface area contributed by atoms with E-state index in [0.717, 1.165) is 12.2 Å². The predicted molar refractivity (Wildman–Crippen MR) is 83.1 cm³/mol. The maximum absolute atomic E-state index is 4.06. The molecule has 2 heterocycles. The van der Waals surface area contributed by atoms with Gasteiger partial charge in [-0.15, -0.1) is 0 Å². The average Bonchev–Trinajstić information content (AvgIpc) is 3.18. The standard InChI is InChI=1S/C16H17N3S/c1-13(15-6-9-20-11-15)18-10-14-2-4-16(5-3-14)19-8-7-17-12-19/h2-9,11-13,18H,10H2,1H3. The fourth-order valence-electron chi connectivity index (χ4n) is 2.11. The first-order valence-corrected chi connectivity index (χ1v) is 7.60. The lowest BCUT2D eigenvalue weighted by molar-refractivity contribution is 0.576. The summed E-state index contributed by atoms with van der Waals surface area (Å²) in [6.07, 6.45) is 5.55. The van der Waals surface area contributed by atoms with Gasteiger partial charge in [-0.05, 0) is 47.0 Å². The summed E-state index contributed by atoms with van der Waals surface area (Å²) in [5.74, 6) is 0. The first-order chi connectivity index (χ1) is 9.83. The predicted octanol–water partition coefficient (Wildman–Crippen LogP) is 3.78. The number of rotatable bonds is 5. The molecule has 4 heteroatoms. The lowest BCUT2D eigenvalue weighted by atomic mass is 10.1. The summed E-state index contributed by atoms with van der Waals surface area (Å²) in [5.41, 5.74) is 3.78. The van der Waals surface area contributed by atoms with Gasteiger partial charge in [-0.2, -0.15) is 11.3 Å². The lowest BCUT2D eigenvalue weighted by Gasteiger charge is -2.12. The van der Waals surface area contributed by atoms with Gasteiger partial charge < -0.3 is 9.88 Å². The van der Waals surface area contributed by atoms with Gasteiger partial charge in [0, 0.05) is 30.7 Å². The van der Waals surface area contributed by atoms with Gasteiger partial charge in [0.1, 0.15) is 0 Å². The Morgan fingerprint density at radius 2 is 2.10 bits per heavy atom. The zero-order valence-electron chi connectivity index (χ0n) is 11.4. The van der Waals surface area contributed by atoms with Gasteiger partial charge in [-0.3, -0.25) is 0 Å². The van der Waals surface area contributed by atoms with E-state index in [1.165, 1.54) is 11.1 Å². The molecular weight excluding hydrogens is 266 g/mol. The van der Waals surface area contributed by atoms with E-state index in [2.05, 4.69) is 58.3 Å². The van der Waals surface area contributed by atoms with Gasteiger partial charge in [-0.25, -0.2) is 4.98 Å². The molecule has 0 aliphatic rings. The maximum atomic E-state index is 4.06. The normalized spacial score (nSPS) is 12.4. The SMILES string of the molecule is CC(NCc1ccc(-n2ccnc2)cc1)c1ccsc1. The van der Waals surface area contributed by atoms with Crippen molar-refractivity contribution >= 4 is 11.3 Å². The molecule has 0 aliphatic heterocycles. The van der Waals surface area contributed by atoms with E-state index >= 15 is 0 Å². The Morgan fingerprint density at radius 1 is 1.25 bits per heavy atom. The molecule has 1 atom stereocenters. The van der Waals surface area contributed by atoms with Crippen molar-refractivity contribution in [1.82, 2.24) is 14.9 Å². The Kier molecular flexibility index (Phi) is 3.95. The summed E-state index contributed by atoms with van der Waals surface area (Å²) in [6.45, 7) is 3.07. The Hall–Kier alpha value is -1.91. The molecule has 3 aromatic rings. The molecule has 20 heavy (non-hydrogen) atoms. The van der Waals surface area contributed by atoms with Crippen LogP contribution in [0.4, 0.5) is 0 Å². The Morgan fingerprint density at radius 3 is 2.75 bits per heavy atom.